The third kappa shape index (κ3) is 2.40. The molecule has 2 atom stereocenters. The molecule has 2 fully saturated rings. The summed E-state index contributed by atoms with van der Waals surface area (Å²) in [6, 6.07) is 0. The van der Waals surface area contributed by atoms with E-state index < -0.39 is 0 Å². The topological polar surface area (TPSA) is 68.2 Å². The summed E-state index contributed by atoms with van der Waals surface area (Å²) in [4.78, 5) is 7.12. The van der Waals surface area contributed by atoms with E-state index in [4.69, 9.17) is 9.05 Å². The van der Waals surface area contributed by atoms with Crippen molar-refractivity contribution in [1.82, 2.24) is 20.2 Å². The Kier molecular flexibility index (Phi) is 3.52. The van der Waals surface area contributed by atoms with Crippen molar-refractivity contribution in [2.24, 2.45) is 5.92 Å². The maximum atomic E-state index is 5.58. The van der Waals surface area contributed by atoms with Crippen LogP contribution in [-0.4, -0.2) is 39.8 Å². The van der Waals surface area contributed by atoms with E-state index in [9.17, 15) is 0 Å². The first kappa shape index (κ1) is 14.9. The molecule has 6 nitrogen and oxygen atoms in total. The smallest absolute Gasteiger partial charge is 0.234 e. The van der Waals surface area contributed by atoms with Crippen molar-refractivity contribution in [3.05, 3.63) is 28.7 Å². The summed E-state index contributed by atoms with van der Waals surface area (Å²) in [6.07, 6.45) is 4.70. The van der Waals surface area contributed by atoms with Crippen LogP contribution in [0.5, 0.6) is 0 Å². The van der Waals surface area contributed by atoms with Crippen LogP contribution >= 0.6 is 0 Å². The Hall–Kier alpha value is -1.69. The van der Waals surface area contributed by atoms with Crippen molar-refractivity contribution in [3.8, 4) is 0 Å². The van der Waals surface area contributed by atoms with Crippen LogP contribution in [0.1, 0.15) is 48.0 Å². The molecule has 124 valence electrons. The Labute approximate surface area is 136 Å². The van der Waals surface area contributed by atoms with Crippen LogP contribution in [0.3, 0.4) is 0 Å². The first-order valence-electron chi connectivity index (χ1n) is 8.53. The molecule has 4 rings (SSSR count). The van der Waals surface area contributed by atoms with Crippen molar-refractivity contribution in [1.29, 1.82) is 0 Å². The fraction of sp³-hybridized carbons (Fsp3) is 0.706. The van der Waals surface area contributed by atoms with E-state index in [1.807, 2.05) is 20.8 Å². The highest BCUT2D eigenvalue weighted by atomic mass is 16.5. The van der Waals surface area contributed by atoms with Gasteiger partial charge in [-0.3, -0.25) is 0 Å². The quantitative estimate of drug-likeness (QED) is 0.863. The molecule has 23 heavy (non-hydrogen) atoms. The highest BCUT2D eigenvalue weighted by Crippen LogP contribution is 2.49. The van der Waals surface area contributed by atoms with E-state index in [1.165, 1.54) is 24.8 Å². The van der Waals surface area contributed by atoms with Gasteiger partial charge in [-0.25, -0.2) is 0 Å². The third-order valence-corrected chi connectivity index (χ3v) is 5.75. The van der Waals surface area contributed by atoms with Crippen LogP contribution in [0, 0.1) is 26.7 Å². The lowest BCUT2D eigenvalue weighted by atomic mass is 9.80. The van der Waals surface area contributed by atoms with Crippen molar-refractivity contribution in [3.63, 3.8) is 0 Å². The van der Waals surface area contributed by atoms with Gasteiger partial charge < -0.3 is 13.9 Å². The average molecular weight is 316 g/mol. The summed E-state index contributed by atoms with van der Waals surface area (Å²) in [5.41, 5.74) is 2.36. The normalized spacial score (nSPS) is 27.7. The van der Waals surface area contributed by atoms with Gasteiger partial charge in [0.15, 0.2) is 5.82 Å². The first-order valence-corrected chi connectivity index (χ1v) is 8.53. The largest absolute Gasteiger partial charge is 0.361 e. The Morgan fingerprint density at radius 2 is 2.09 bits per heavy atom. The van der Waals surface area contributed by atoms with Gasteiger partial charge in [-0.1, -0.05) is 16.7 Å². The fourth-order valence-electron chi connectivity index (χ4n) is 4.54. The van der Waals surface area contributed by atoms with Crippen molar-refractivity contribution in [2.75, 3.05) is 19.6 Å². The van der Waals surface area contributed by atoms with E-state index in [0.29, 0.717) is 5.92 Å². The monoisotopic (exact) mass is 316 g/mol. The highest BCUT2D eigenvalue weighted by Gasteiger charge is 2.53. The lowest BCUT2D eigenvalue weighted by Gasteiger charge is -2.24. The molecule has 0 unspecified atom stereocenters. The number of hydrogen-bond donors (Lipinski definition) is 0. The van der Waals surface area contributed by atoms with Crippen LogP contribution in [0.4, 0.5) is 0 Å². The van der Waals surface area contributed by atoms with Crippen LogP contribution < -0.4 is 0 Å². The number of likely N-dealkylation sites (tertiary alicyclic amines) is 1. The molecule has 0 radical (unpaired) electrons. The van der Waals surface area contributed by atoms with E-state index in [1.54, 1.807) is 0 Å². The van der Waals surface area contributed by atoms with Gasteiger partial charge in [0.25, 0.3) is 0 Å². The number of hydrogen-bond acceptors (Lipinski definition) is 6. The Balaban J connectivity index is 1.49. The van der Waals surface area contributed by atoms with Gasteiger partial charge in [-0.05, 0) is 46.0 Å². The van der Waals surface area contributed by atoms with Crippen LogP contribution in [0.2, 0.25) is 0 Å². The molecule has 2 aromatic rings. The van der Waals surface area contributed by atoms with E-state index in [0.717, 1.165) is 49.2 Å². The Bertz CT molecular complexity index is 688. The molecule has 1 saturated carbocycles. The zero-order valence-corrected chi connectivity index (χ0v) is 14.1. The van der Waals surface area contributed by atoms with Crippen LogP contribution in [0.15, 0.2) is 9.05 Å². The van der Waals surface area contributed by atoms with Crippen molar-refractivity contribution in [2.45, 2.75) is 51.9 Å². The van der Waals surface area contributed by atoms with Crippen LogP contribution in [0.25, 0.3) is 0 Å². The lowest BCUT2D eigenvalue weighted by molar-refractivity contribution is 0.248. The minimum absolute atomic E-state index is 0.0833. The first-order chi connectivity index (χ1) is 11.1. The maximum Gasteiger partial charge on any atom is 0.234 e. The van der Waals surface area contributed by atoms with Crippen molar-refractivity contribution >= 4 is 0 Å². The number of rotatable bonds is 4. The van der Waals surface area contributed by atoms with Crippen molar-refractivity contribution < 1.29 is 9.05 Å². The van der Waals surface area contributed by atoms with Gasteiger partial charge in [0.05, 0.1) is 11.1 Å². The van der Waals surface area contributed by atoms with E-state index in [2.05, 4.69) is 20.2 Å². The lowest BCUT2D eigenvalue weighted by Crippen LogP contribution is -2.33. The Morgan fingerprint density at radius 3 is 2.78 bits per heavy atom. The zero-order valence-electron chi connectivity index (χ0n) is 14.1. The van der Waals surface area contributed by atoms with Gasteiger partial charge in [0.1, 0.15) is 5.76 Å². The standard InChI is InChI=1S/C17H24N4O2/c1-11-15(12(2)22-19-11)6-8-21-9-14-5-4-7-17(14,10-21)16-18-13(3)20-23-16/h14H,4-10H2,1-3H3/t14-,17-/m0/s1. The second-order valence-electron chi connectivity index (χ2n) is 7.18. The molecule has 3 heterocycles. The number of nitrogens with zero attached hydrogens (tertiary/aromatic N) is 4. The third-order valence-electron chi connectivity index (χ3n) is 5.75. The van der Waals surface area contributed by atoms with Gasteiger partial charge >= 0.3 is 0 Å². The molecule has 0 N–H and O–H groups in total. The molecule has 1 aliphatic carbocycles. The maximum absolute atomic E-state index is 5.58. The fourth-order valence-corrected chi connectivity index (χ4v) is 4.54. The highest BCUT2D eigenvalue weighted by molar-refractivity contribution is 5.22. The molecule has 0 spiro atoms. The predicted molar refractivity (Wildman–Crippen MR) is 84.2 cm³/mol. The molecule has 0 amide bonds. The van der Waals surface area contributed by atoms with Gasteiger partial charge in [-0.15, -0.1) is 0 Å². The predicted octanol–water partition coefficient (Wildman–Crippen LogP) is 2.58. The summed E-state index contributed by atoms with van der Waals surface area (Å²) in [5, 5.41) is 8.08. The molecule has 0 aromatic carbocycles. The molecule has 2 aliphatic rings. The second-order valence-corrected chi connectivity index (χ2v) is 7.18. The molecule has 1 saturated heterocycles. The SMILES string of the molecule is Cc1noc([C@]23CCC[C@H]2CN(CCc2c(C)noc2C)C3)n1. The average Bonchev–Trinajstić information content (AvgIpc) is 3.23. The number of aryl methyl sites for hydroxylation is 3. The molecule has 0 bridgehead atoms. The van der Waals surface area contributed by atoms with Crippen LogP contribution in [-0.2, 0) is 11.8 Å². The summed E-state index contributed by atoms with van der Waals surface area (Å²) >= 11 is 0. The van der Waals surface area contributed by atoms with E-state index >= 15 is 0 Å². The minimum Gasteiger partial charge on any atom is -0.361 e. The second kappa shape index (κ2) is 5.44. The van der Waals surface area contributed by atoms with E-state index in [-0.39, 0.29) is 5.41 Å². The minimum atomic E-state index is 0.0833. The number of fused-ring (bicyclic) bond motifs is 1. The summed E-state index contributed by atoms with van der Waals surface area (Å²) in [7, 11) is 0. The zero-order chi connectivity index (χ0) is 16.0. The molecule has 1 aliphatic heterocycles. The molecular formula is C17H24N4O2. The molecular weight excluding hydrogens is 292 g/mol. The Morgan fingerprint density at radius 1 is 1.22 bits per heavy atom. The summed E-state index contributed by atoms with van der Waals surface area (Å²) in [5.74, 6) is 3.20. The molecule has 6 heteroatoms. The van der Waals surface area contributed by atoms with Gasteiger partial charge in [-0.2, -0.15) is 4.98 Å². The summed E-state index contributed by atoms with van der Waals surface area (Å²) < 4.78 is 10.9. The molecule has 2 aromatic heterocycles. The number of aromatic nitrogens is 3. The van der Waals surface area contributed by atoms with Gasteiger partial charge in [0.2, 0.25) is 5.89 Å². The summed E-state index contributed by atoms with van der Waals surface area (Å²) in [6.45, 7) is 9.11. The van der Waals surface area contributed by atoms with Gasteiger partial charge in [0, 0.05) is 25.2 Å².